The van der Waals surface area contributed by atoms with Crippen molar-refractivity contribution in [2.24, 2.45) is 11.8 Å². The lowest BCUT2D eigenvalue weighted by molar-refractivity contribution is -0.0310. The topological polar surface area (TPSA) is 112 Å². The average molecular weight is 540 g/mol. The first-order valence-corrected chi connectivity index (χ1v) is 13.1. The van der Waals surface area contributed by atoms with E-state index in [1.165, 1.54) is 18.3 Å². The van der Waals surface area contributed by atoms with E-state index in [9.17, 15) is 31.5 Å². The van der Waals surface area contributed by atoms with Crippen molar-refractivity contribution in [1.82, 2.24) is 9.97 Å². The van der Waals surface area contributed by atoms with Crippen molar-refractivity contribution in [3.05, 3.63) is 76.6 Å². The summed E-state index contributed by atoms with van der Waals surface area (Å²) >= 11 is 6.26. The lowest BCUT2D eigenvalue weighted by Gasteiger charge is -2.39. The van der Waals surface area contributed by atoms with E-state index in [0.29, 0.717) is 30.8 Å². The van der Waals surface area contributed by atoms with Gasteiger partial charge in [-0.25, -0.2) is 26.6 Å². The van der Waals surface area contributed by atoms with Crippen molar-refractivity contribution in [2.75, 3.05) is 5.32 Å². The number of aromatic nitrogens is 2. The number of hydrogen-bond donors (Lipinski definition) is 3. The maximum Gasteiger partial charge on any atom is 0.255 e. The van der Waals surface area contributed by atoms with Gasteiger partial charge in [0.2, 0.25) is 0 Å². The van der Waals surface area contributed by atoms with E-state index in [0.717, 1.165) is 6.07 Å². The fourth-order valence-corrected chi connectivity index (χ4v) is 8.43. The second-order valence-electron chi connectivity index (χ2n) is 9.34. The van der Waals surface area contributed by atoms with Crippen LogP contribution in [0.25, 0.3) is 0 Å². The molecular formula is C24H21ClF3N3O4S. The summed E-state index contributed by atoms with van der Waals surface area (Å²) in [5.41, 5.74) is -1.70. The van der Waals surface area contributed by atoms with Crippen molar-refractivity contribution in [1.29, 1.82) is 0 Å². The average Bonchev–Trinajstić information content (AvgIpc) is 3.46. The van der Waals surface area contributed by atoms with Crippen LogP contribution in [0.5, 0.6) is 0 Å². The number of nitrogens with zero attached hydrogens (tertiary/aromatic N) is 1. The molecule has 3 aromatic rings. The number of carbonyl (C=O) groups is 1. The third-order valence-electron chi connectivity index (χ3n) is 7.08. The number of hydrogen-bond acceptors (Lipinski definition) is 5. The number of halogens is 4. The molecule has 2 bridgehead atoms. The van der Waals surface area contributed by atoms with Crippen LogP contribution in [-0.4, -0.2) is 34.6 Å². The van der Waals surface area contributed by atoms with Crippen LogP contribution in [0, 0.1) is 29.3 Å². The number of nitrogens with one attached hydrogen (secondary N) is 2. The quantitative estimate of drug-likeness (QED) is 0.411. The van der Waals surface area contributed by atoms with E-state index in [-0.39, 0.29) is 45.8 Å². The Balaban J connectivity index is 1.42. The first kappa shape index (κ1) is 24.8. The van der Waals surface area contributed by atoms with E-state index in [4.69, 9.17) is 11.6 Å². The Kier molecular flexibility index (Phi) is 6.12. The van der Waals surface area contributed by atoms with Crippen LogP contribution in [0.15, 0.2) is 47.6 Å². The van der Waals surface area contributed by atoms with Gasteiger partial charge in [0.05, 0.1) is 15.2 Å². The second kappa shape index (κ2) is 8.89. The molecule has 1 amide bonds. The van der Waals surface area contributed by atoms with Gasteiger partial charge in [-0.15, -0.1) is 0 Å². The number of anilines is 1. The number of imidazole rings is 1. The third kappa shape index (κ3) is 4.18. The van der Waals surface area contributed by atoms with Crippen LogP contribution >= 0.6 is 11.6 Å². The van der Waals surface area contributed by atoms with Gasteiger partial charge in [0.1, 0.15) is 11.4 Å². The van der Waals surface area contributed by atoms with Gasteiger partial charge in [-0.2, -0.15) is 0 Å². The standard InChI is InChI=1S/C24H21ClF3N3O4S/c25-16-4-3-12(22(32)31-15-8-17(26)20(28)18(27)9-15)7-19(16)36(34,35)21-13-1-2-14(21)11-24(33,10-13)23-29-5-6-30-23/h3-9,13-14,21,33H,1-2,10-11H2,(H,29,30)(H,31,32)/t13-,14?,21?,24+/m0/s1. The molecule has 0 aliphatic heterocycles. The summed E-state index contributed by atoms with van der Waals surface area (Å²) in [7, 11) is -4.02. The van der Waals surface area contributed by atoms with Gasteiger partial charge in [0.25, 0.3) is 5.91 Å². The van der Waals surface area contributed by atoms with Gasteiger partial charge in [0, 0.05) is 35.8 Å². The minimum atomic E-state index is -4.02. The summed E-state index contributed by atoms with van der Waals surface area (Å²) in [5.74, 6) is -5.77. The maximum atomic E-state index is 13.8. The number of rotatable bonds is 5. The van der Waals surface area contributed by atoms with Gasteiger partial charge in [-0.1, -0.05) is 11.6 Å². The molecule has 2 fully saturated rings. The van der Waals surface area contributed by atoms with Gasteiger partial charge in [-0.3, -0.25) is 4.79 Å². The highest BCUT2D eigenvalue weighted by molar-refractivity contribution is 7.92. The van der Waals surface area contributed by atoms with E-state index >= 15 is 0 Å². The van der Waals surface area contributed by atoms with Gasteiger partial charge >= 0.3 is 0 Å². The Morgan fingerprint density at radius 3 is 2.33 bits per heavy atom. The summed E-state index contributed by atoms with van der Waals surface area (Å²) in [6, 6.07) is 4.89. The first-order chi connectivity index (χ1) is 17.0. The number of aliphatic hydroxyl groups is 1. The molecule has 1 heterocycles. The molecule has 1 aromatic heterocycles. The van der Waals surface area contributed by atoms with Crippen molar-refractivity contribution in [2.45, 2.75) is 41.4 Å². The smallest absolute Gasteiger partial charge is 0.255 e. The van der Waals surface area contributed by atoms with Crippen molar-refractivity contribution >= 4 is 33.0 Å². The zero-order valence-electron chi connectivity index (χ0n) is 18.6. The number of benzene rings is 2. The van der Waals surface area contributed by atoms with E-state index < -0.39 is 44.0 Å². The lowest BCUT2D eigenvalue weighted by Crippen LogP contribution is -2.45. The highest BCUT2D eigenvalue weighted by Gasteiger charge is 2.55. The van der Waals surface area contributed by atoms with E-state index in [1.54, 1.807) is 6.20 Å². The molecular weight excluding hydrogens is 519 g/mol. The summed E-state index contributed by atoms with van der Waals surface area (Å²) in [4.78, 5) is 19.6. The highest BCUT2D eigenvalue weighted by Crippen LogP contribution is 2.53. The van der Waals surface area contributed by atoms with Crippen LogP contribution in [-0.2, 0) is 15.4 Å². The fourth-order valence-electron chi connectivity index (χ4n) is 5.59. The molecule has 2 aliphatic rings. The van der Waals surface area contributed by atoms with Crippen molar-refractivity contribution < 1.29 is 31.5 Å². The predicted molar refractivity (Wildman–Crippen MR) is 125 cm³/mol. The Bertz CT molecular complexity index is 1410. The minimum absolute atomic E-state index is 0.0725. The molecule has 0 spiro atoms. The van der Waals surface area contributed by atoms with Gasteiger partial charge in [0.15, 0.2) is 27.3 Å². The predicted octanol–water partition coefficient (Wildman–Crippen LogP) is 4.58. The monoisotopic (exact) mass is 539 g/mol. The van der Waals surface area contributed by atoms with Crippen LogP contribution in [0.3, 0.4) is 0 Å². The van der Waals surface area contributed by atoms with Crippen LogP contribution in [0.4, 0.5) is 18.9 Å². The highest BCUT2D eigenvalue weighted by atomic mass is 35.5. The molecule has 2 aliphatic carbocycles. The van der Waals surface area contributed by atoms with Crippen LogP contribution in [0.1, 0.15) is 41.9 Å². The molecule has 190 valence electrons. The normalized spacial score (nSPS) is 25.6. The van der Waals surface area contributed by atoms with Crippen LogP contribution in [0.2, 0.25) is 5.02 Å². The Labute approximate surface area is 209 Å². The van der Waals surface area contributed by atoms with Crippen LogP contribution < -0.4 is 5.32 Å². The summed E-state index contributed by atoms with van der Waals surface area (Å²) in [5, 5.41) is 12.5. The Morgan fingerprint density at radius 1 is 1.11 bits per heavy atom. The lowest BCUT2D eigenvalue weighted by atomic mass is 9.76. The Morgan fingerprint density at radius 2 is 1.75 bits per heavy atom. The fraction of sp³-hybridized carbons (Fsp3) is 0.333. The maximum absolute atomic E-state index is 13.8. The molecule has 7 nitrogen and oxygen atoms in total. The number of carbonyl (C=O) groups excluding carboxylic acids is 1. The second-order valence-corrected chi connectivity index (χ2v) is 11.8. The molecule has 2 unspecified atom stereocenters. The van der Waals surface area contributed by atoms with Gasteiger partial charge in [-0.05, 0) is 55.7 Å². The number of H-pyrrole nitrogens is 1. The molecule has 0 saturated heterocycles. The number of aromatic amines is 1. The molecule has 2 saturated carbocycles. The largest absolute Gasteiger partial charge is 0.382 e. The van der Waals surface area contributed by atoms with Crippen molar-refractivity contribution in [3.63, 3.8) is 0 Å². The molecule has 5 rings (SSSR count). The first-order valence-electron chi connectivity index (χ1n) is 11.2. The zero-order valence-corrected chi connectivity index (χ0v) is 20.2. The number of sulfone groups is 1. The summed E-state index contributed by atoms with van der Waals surface area (Å²) < 4.78 is 67.8. The molecule has 2 aromatic carbocycles. The number of fused-ring (bicyclic) bond motifs is 2. The zero-order chi connectivity index (χ0) is 25.8. The SMILES string of the molecule is O=C(Nc1cc(F)c(F)c(F)c1)c1ccc(Cl)c(S(=O)(=O)C2C3CC[C@H]2C[C@](O)(c2ncc[nH]2)C3)c1. The molecule has 0 radical (unpaired) electrons. The summed E-state index contributed by atoms with van der Waals surface area (Å²) in [6.07, 6.45) is 4.76. The third-order valence-corrected chi connectivity index (χ3v) is 9.96. The summed E-state index contributed by atoms with van der Waals surface area (Å²) in [6.45, 7) is 0. The van der Waals surface area contributed by atoms with E-state index in [1.807, 2.05) is 0 Å². The minimum Gasteiger partial charge on any atom is -0.382 e. The Hall–Kier alpha value is -2.89. The molecule has 4 atom stereocenters. The molecule has 36 heavy (non-hydrogen) atoms. The van der Waals surface area contributed by atoms with Gasteiger partial charge < -0.3 is 15.4 Å². The number of amides is 1. The molecule has 3 N–H and O–H groups in total. The molecule has 12 heteroatoms. The van der Waals surface area contributed by atoms with Crippen molar-refractivity contribution in [3.8, 4) is 0 Å². The van der Waals surface area contributed by atoms with E-state index in [2.05, 4.69) is 15.3 Å².